The molecule has 0 aliphatic heterocycles. The predicted octanol–water partition coefficient (Wildman–Crippen LogP) is 0.617. The quantitative estimate of drug-likeness (QED) is 0.571. The van der Waals surface area contributed by atoms with Crippen molar-refractivity contribution in [3.63, 3.8) is 0 Å². The van der Waals surface area contributed by atoms with Crippen molar-refractivity contribution in [3.8, 4) is 0 Å². The fourth-order valence-electron chi connectivity index (χ4n) is 2.20. The highest BCUT2D eigenvalue weighted by molar-refractivity contribution is 7.89. The van der Waals surface area contributed by atoms with E-state index < -0.39 is 15.9 Å². The molecule has 1 aromatic carbocycles. The summed E-state index contributed by atoms with van der Waals surface area (Å²) in [5, 5.41) is 10.3. The van der Waals surface area contributed by atoms with Crippen LogP contribution in [0, 0.1) is 0 Å². The highest BCUT2D eigenvalue weighted by atomic mass is 32.2. The number of nitrogens with zero attached hydrogens (tertiary/aromatic N) is 1. The average molecular weight is 388 g/mol. The van der Waals surface area contributed by atoms with E-state index >= 15 is 0 Å². The third kappa shape index (κ3) is 6.01. The minimum absolute atomic E-state index is 0.0334. The van der Waals surface area contributed by atoms with Crippen LogP contribution in [0.3, 0.4) is 0 Å². The van der Waals surface area contributed by atoms with E-state index in [-0.39, 0.29) is 22.2 Å². The first-order valence-corrected chi connectivity index (χ1v) is 9.62. The lowest BCUT2D eigenvalue weighted by Crippen LogP contribution is -2.28. The van der Waals surface area contributed by atoms with Crippen molar-refractivity contribution >= 4 is 21.8 Å². The number of carbonyl (C=O) groups excluding carboxylic acids is 2. The number of sulfonamides is 1. The van der Waals surface area contributed by atoms with Crippen molar-refractivity contribution in [3.05, 3.63) is 72.1 Å². The average Bonchev–Trinajstić information content (AvgIpc) is 2.65. The maximum Gasteiger partial charge on any atom is 0.270 e. The molecular formula is C18H20N4O4S. The van der Waals surface area contributed by atoms with E-state index in [2.05, 4.69) is 22.2 Å². The SMILES string of the molecule is C=CCNC(=O)c1cccc(C(=O)NCCc2ccc(S(N)(=O)=O)cc2)n1. The number of rotatable bonds is 8. The van der Waals surface area contributed by atoms with E-state index in [9.17, 15) is 18.0 Å². The van der Waals surface area contributed by atoms with Gasteiger partial charge < -0.3 is 10.6 Å². The molecule has 0 fully saturated rings. The van der Waals surface area contributed by atoms with Gasteiger partial charge in [-0.15, -0.1) is 6.58 Å². The fourth-order valence-corrected chi connectivity index (χ4v) is 2.72. The van der Waals surface area contributed by atoms with Gasteiger partial charge in [0.2, 0.25) is 10.0 Å². The zero-order chi connectivity index (χ0) is 19.9. The van der Waals surface area contributed by atoms with E-state index in [1.165, 1.54) is 24.3 Å². The second kappa shape index (κ2) is 9.06. The standard InChI is InChI=1S/C18H20N4O4S/c1-2-11-20-17(23)15-4-3-5-16(22-15)18(24)21-12-10-13-6-8-14(9-7-13)27(19,25)26/h2-9H,1,10-12H2,(H,20,23)(H,21,24)(H2,19,25,26). The van der Waals surface area contributed by atoms with Crippen molar-refractivity contribution in [2.75, 3.05) is 13.1 Å². The summed E-state index contributed by atoms with van der Waals surface area (Å²) in [7, 11) is -3.72. The first kappa shape index (κ1) is 20.3. The van der Waals surface area contributed by atoms with Gasteiger partial charge in [-0.2, -0.15) is 0 Å². The Morgan fingerprint density at radius 2 is 1.63 bits per heavy atom. The molecule has 0 aliphatic rings. The number of nitrogens with one attached hydrogen (secondary N) is 2. The van der Waals surface area contributed by atoms with Crippen molar-refractivity contribution in [1.82, 2.24) is 15.6 Å². The number of aromatic nitrogens is 1. The minimum Gasteiger partial charge on any atom is -0.350 e. The van der Waals surface area contributed by atoms with Gasteiger partial charge in [0.15, 0.2) is 0 Å². The molecule has 1 heterocycles. The van der Waals surface area contributed by atoms with Gasteiger partial charge in [-0.05, 0) is 36.2 Å². The Morgan fingerprint density at radius 3 is 2.19 bits per heavy atom. The Kier molecular flexibility index (Phi) is 6.80. The van der Waals surface area contributed by atoms with Crippen molar-refractivity contribution in [1.29, 1.82) is 0 Å². The molecule has 142 valence electrons. The van der Waals surface area contributed by atoms with E-state index in [0.717, 1.165) is 5.56 Å². The molecule has 0 spiro atoms. The lowest BCUT2D eigenvalue weighted by Gasteiger charge is -2.07. The van der Waals surface area contributed by atoms with Gasteiger partial charge in [0.1, 0.15) is 11.4 Å². The molecule has 2 aromatic rings. The van der Waals surface area contributed by atoms with E-state index in [1.54, 1.807) is 24.3 Å². The third-order valence-corrected chi connectivity index (χ3v) is 4.50. The molecule has 9 heteroatoms. The van der Waals surface area contributed by atoms with Crippen LogP contribution >= 0.6 is 0 Å². The summed E-state index contributed by atoms with van der Waals surface area (Å²) in [6.45, 7) is 4.14. The second-order valence-corrected chi connectivity index (χ2v) is 7.16. The molecule has 2 amide bonds. The summed E-state index contributed by atoms with van der Waals surface area (Å²) in [4.78, 5) is 28.1. The molecule has 0 aliphatic carbocycles. The maximum absolute atomic E-state index is 12.2. The molecule has 2 rings (SSSR count). The summed E-state index contributed by atoms with van der Waals surface area (Å²) in [6, 6.07) is 10.7. The molecule has 0 atom stereocenters. The summed E-state index contributed by atoms with van der Waals surface area (Å²) >= 11 is 0. The van der Waals surface area contributed by atoms with Crippen LogP contribution in [0.1, 0.15) is 26.5 Å². The molecule has 0 unspecified atom stereocenters. The first-order chi connectivity index (χ1) is 12.8. The smallest absolute Gasteiger partial charge is 0.270 e. The topological polar surface area (TPSA) is 131 Å². The van der Waals surface area contributed by atoms with Gasteiger partial charge in [-0.1, -0.05) is 24.3 Å². The Bertz CT molecular complexity index is 940. The maximum atomic E-state index is 12.2. The molecule has 27 heavy (non-hydrogen) atoms. The minimum atomic E-state index is -3.72. The number of primary sulfonamides is 1. The molecule has 1 aromatic heterocycles. The Morgan fingerprint density at radius 1 is 1.04 bits per heavy atom. The van der Waals surface area contributed by atoms with E-state index in [0.29, 0.717) is 19.5 Å². The number of nitrogens with two attached hydrogens (primary N) is 1. The normalized spacial score (nSPS) is 10.9. The number of hydrogen-bond acceptors (Lipinski definition) is 5. The van der Waals surface area contributed by atoms with Crippen LogP contribution in [-0.4, -0.2) is 38.3 Å². The van der Waals surface area contributed by atoms with Crippen LogP contribution in [0.5, 0.6) is 0 Å². The zero-order valence-electron chi connectivity index (χ0n) is 14.5. The van der Waals surface area contributed by atoms with Crippen LogP contribution in [0.15, 0.2) is 60.0 Å². The monoisotopic (exact) mass is 388 g/mol. The van der Waals surface area contributed by atoms with Crippen LogP contribution in [0.4, 0.5) is 0 Å². The zero-order valence-corrected chi connectivity index (χ0v) is 15.3. The lowest BCUT2D eigenvalue weighted by atomic mass is 10.1. The number of amides is 2. The first-order valence-electron chi connectivity index (χ1n) is 8.07. The van der Waals surface area contributed by atoms with E-state index in [4.69, 9.17) is 5.14 Å². The molecule has 0 bridgehead atoms. The molecular weight excluding hydrogens is 368 g/mol. The summed E-state index contributed by atoms with van der Waals surface area (Å²) in [6.07, 6.45) is 2.04. The number of carbonyl (C=O) groups is 2. The van der Waals surface area contributed by atoms with Crippen molar-refractivity contribution in [2.45, 2.75) is 11.3 Å². The Balaban J connectivity index is 1.92. The third-order valence-electron chi connectivity index (χ3n) is 3.57. The largest absolute Gasteiger partial charge is 0.350 e. The van der Waals surface area contributed by atoms with Gasteiger partial charge in [0.05, 0.1) is 4.90 Å². The highest BCUT2D eigenvalue weighted by Gasteiger charge is 2.12. The van der Waals surface area contributed by atoms with Gasteiger partial charge >= 0.3 is 0 Å². The molecule has 0 saturated heterocycles. The Hall–Kier alpha value is -3.04. The van der Waals surface area contributed by atoms with Crippen LogP contribution in [0.25, 0.3) is 0 Å². The second-order valence-electron chi connectivity index (χ2n) is 5.60. The van der Waals surface area contributed by atoms with Gasteiger partial charge in [-0.25, -0.2) is 18.5 Å². The number of benzene rings is 1. The molecule has 0 radical (unpaired) electrons. The highest BCUT2D eigenvalue weighted by Crippen LogP contribution is 2.09. The van der Waals surface area contributed by atoms with Crippen LogP contribution in [-0.2, 0) is 16.4 Å². The molecule has 4 N–H and O–H groups in total. The Labute approximate surface area is 157 Å². The van der Waals surface area contributed by atoms with Crippen LogP contribution < -0.4 is 15.8 Å². The lowest BCUT2D eigenvalue weighted by molar-refractivity contribution is 0.0946. The molecule has 8 nitrogen and oxygen atoms in total. The van der Waals surface area contributed by atoms with Crippen LogP contribution in [0.2, 0.25) is 0 Å². The van der Waals surface area contributed by atoms with Crippen molar-refractivity contribution < 1.29 is 18.0 Å². The van der Waals surface area contributed by atoms with E-state index in [1.807, 2.05) is 0 Å². The summed E-state index contributed by atoms with van der Waals surface area (Å²) in [5.74, 6) is -0.797. The summed E-state index contributed by atoms with van der Waals surface area (Å²) in [5.41, 5.74) is 1.11. The van der Waals surface area contributed by atoms with Gasteiger partial charge in [-0.3, -0.25) is 9.59 Å². The summed E-state index contributed by atoms with van der Waals surface area (Å²) < 4.78 is 22.4. The predicted molar refractivity (Wildman–Crippen MR) is 101 cm³/mol. The number of hydrogen-bond donors (Lipinski definition) is 3. The number of pyridine rings is 1. The molecule has 0 saturated carbocycles. The van der Waals surface area contributed by atoms with Gasteiger partial charge in [0.25, 0.3) is 11.8 Å². The van der Waals surface area contributed by atoms with Crippen molar-refractivity contribution in [2.24, 2.45) is 5.14 Å². The fraction of sp³-hybridized carbons (Fsp3) is 0.167. The van der Waals surface area contributed by atoms with Gasteiger partial charge in [0, 0.05) is 13.1 Å².